The van der Waals surface area contributed by atoms with Crippen LogP contribution >= 0.6 is 11.3 Å². The Labute approximate surface area is 159 Å². The van der Waals surface area contributed by atoms with E-state index in [9.17, 15) is 0 Å². The summed E-state index contributed by atoms with van der Waals surface area (Å²) in [5, 5.41) is 7.83. The van der Waals surface area contributed by atoms with Crippen molar-refractivity contribution in [2.75, 3.05) is 34.4 Å². The number of aryl methyl sites for hydroxylation is 2. The van der Waals surface area contributed by atoms with Gasteiger partial charge in [0.2, 0.25) is 0 Å². The predicted molar refractivity (Wildman–Crippen MR) is 108 cm³/mol. The lowest BCUT2D eigenvalue weighted by atomic mass is 10.1. The lowest BCUT2D eigenvalue weighted by molar-refractivity contribution is 0.398. The van der Waals surface area contributed by atoms with Crippen molar-refractivity contribution in [1.82, 2.24) is 15.6 Å². The molecular formula is C19H28N4O2S. The molecule has 0 aliphatic heterocycles. The van der Waals surface area contributed by atoms with Gasteiger partial charge in [-0.05, 0) is 44.0 Å². The molecule has 0 aliphatic carbocycles. The number of nitrogens with one attached hydrogen (secondary N) is 2. The molecule has 6 nitrogen and oxygen atoms in total. The van der Waals surface area contributed by atoms with Crippen LogP contribution < -0.4 is 20.1 Å². The van der Waals surface area contributed by atoms with Gasteiger partial charge in [0.05, 0.1) is 24.9 Å². The van der Waals surface area contributed by atoms with E-state index >= 15 is 0 Å². The minimum Gasteiger partial charge on any atom is -0.497 e. The summed E-state index contributed by atoms with van der Waals surface area (Å²) in [7, 11) is 5.13. The van der Waals surface area contributed by atoms with Gasteiger partial charge in [-0.3, -0.25) is 4.99 Å². The van der Waals surface area contributed by atoms with Crippen LogP contribution in [0.1, 0.15) is 21.1 Å². The molecule has 0 saturated carbocycles. The van der Waals surface area contributed by atoms with Gasteiger partial charge in [-0.2, -0.15) is 0 Å². The molecule has 2 aromatic rings. The zero-order chi connectivity index (χ0) is 18.9. The highest BCUT2D eigenvalue weighted by molar-refractivity contribution is 7.11. The van der Waals surface area contributed by atoms with Gasteiger partial charge < -0.3 is 20.1 Å². The molecule has 1 heterocycles. The van der Waals surface area contributed by atoms with Crippen LogP contribution in [0, 0.1) is 13.8 Å². The number of methoxy groups -OCH3 is 2. The van der Waals surface area contributed by atoms with E-state index in [2.05, 4.69) is 34.5 Å². The molecule has 0 aliphatic rings. The van der Waals surface area contributed by atoms with Gasteiger partial charge in [-0.1, -0.05) is 0 Å². The first-order valence-electron chi connectivity index (χ1n) is 8.65. The number of ether oxygens (including phenoxy) is 2. The molecule has 0 unspecified atom stereocenters. The number of aromatic nitrogens is 1. The fourth-order valence-electron chi connectivity index (χ4n) is 2.55. The van der Waals surface area contributed by atoms with Crippen molar-refractivity contribution >= 4 is 17.3 Å². The molecule has 0 radical (unpaired) electrons. The van der Waals surface area contributed by atoms with E-state index in [1.807, 2.05) is 18.2 Å². The van der Waals surface area contributed by atoms with Gasteiger partial charge >= 0.3 is 0 Å². The number of rotatable bonds is 8. The van der Waals surface area contributed by atoms with Crippen LogP contribution in [0.3, 0.4) is 0 Å². The fraction of sp³-hybridized carbons (Fsp3) is 0.474. The van der Waals surface area contributed by atoms with Crippen LogP contribution in [0.2, 0.25) is 0 Å². The third kappa shape index (κ3) is 5.62. The number of hydrogen-bond acceptors (Lipinski definition) is 5. The van der Waals surface area contributed by atoms with Gasteiger partial charge in [0, 0.05) is 31.4 Å². The van der Waals surface area contributed by atoms with Crippen molar-refractivity contribution in [3.8, 4) is 11.5 Å². The monoisotopic (exact) mass is 376 g/mol. The van der Waals surface area contributed by atoms with Crippen LogP contribution in [0.15, 0.2) is 23.2 Å². The minimum atomic E-state index is 0.749. The van der Waals surface area contributed by atoms with E-state index in [4.69, 9.17) is 9.47 Å². The summed E-state index contributed by atoms with van der Waals surface area (Å²) in [6.07, 6.45) is 1.70. The second kappa shape index (κ2) is 10.0. The summed E-state index contributed by atoms with van der Waals surface area (Å²) in [5.41, 5.74) is 2.23. The van der Waals surface area contributed by atoms with Crippen LogP contribution in [-0.2, 0) is 12.8 Å². The molecular weight excluding hydrogens is 348 g/mol. The molecule has 0 bridgehead atoms. The Kier molecular flexibility index (Phi) is 7.72. The highest BCUT2D eigenvalue weighted by Crippen LogP contribution is 2.24. The maximum Gasteiger partial charge on any atom is 0.191 e. The number of nitrogens with zero attached hydrogens (tertiary/aromatic N) is 2. The highest BCUT2D eigenvalue weighted by Gasteiger charge is 2.07. The maximum atomic E-state index is 5.42. The molecule has 0 atom stereocenters. The van der Waals surface area contributed by atoms with Crippen molar-refractivity contribution < 1.29 is 9.47 Å². The lowest BCUT2D eigenvalue weighted by Crippen LogP contribution is -2.39. The number of hydrogen-bond donors (Lipinski definition) is 2. The van der Waals surface area contributed by atoms with Crippen LogP contribution in [0.5, 0.6) is 11.5 Å². The lowest BCUT2D eigenvalue weighted by Gasteiger charge is -2.13. The van der Waals surface area contributed by atoms with Gasteiger partial charge in [0.1, 0.15) is 11.5 Å². The molecule has 142 valence electrons. The zero-order valence-electron chi connectivity index (χ0n) is 16.2. The van der Waals surface area contributed by atoms with Crippen LogP contribution in [0.25, 0.3) is 0 Å². The van der Waals surface area contributed by atoms with E-state index in [1.165, 1.54) is 4.88 Å². The molecule has 0 fully saturated rings. The quantitative estimate of drug-likeness (QED) is 0.548. The first kappa shape index (κ1) is 20.0. The Morgan fingerprint density at radius 2 is 1.85 bits per heavy atom. The predicted octanol–water partition coefficient (Wildman–Crippen LogP) is 2.73. The second-order valence-corrected chi connectivity index (χ2v) is 7.14. The molecule has 1 aromatic carbocycles. The summed E-state index contributed by atoms with van der Waals surface area (Å²) in [6, 6.07) is 5.83. The first-order chi connectivity index (χ1) is 12.6. The van der Waals surface area contributed by atoms with Crippen LogP contribution in [0.4, 0.5) is 0 Å². The van der Waals surface area contributed by atoms with E-state index < -0.39 is 0 Å². The summed E-state index contributed by atoms with van der Waals surface area (Å²) >= 11 is 1.76. The van der Waals surface area contributed by atoms with Gasteiger partial charge in [0.25, 0.3) is 0 Å². The maximum absolute atomic E-state index is 5.42. The summed E-state index contributed by atoms with van der Waals surface area (Å²) in [5.74, 6) is 2.49. The minimum absolute atomic E-state index is 0.749. The summed E-state index contributed by atoms with van der Waals surface area (Å²) < 4.78 is 10.7. The number of guanidine groups is 1. The second-order valence-electron chi connectivity index (χ2n) is 5.85. The van der Waals surface area contributed by atoms with E-state index in [0.717, 1.165) is 59.7 Å². The Morgan fingerprint density at radius 1 is 1.12 bits per heavy atom. The molecule has 0 spiro atoms. The molecule has 7 heteroatoms. The Bertz CT molecular complexity index is 724. The Morgan fingerprint density at radius 3 is 2.42 bits per heavy atom. The Balaban J connectivity index is 1.80. The third-order valence-corrected chi connectivity index (χ3v) is 5.23. The number of benzene rings is 1. The van der Waals surface area contributed by atoms with E-state index in [0.29, 0.717) is 0 Å². The van der Waals surface area contributed by atoms with Crippen molar-refractivity contribution in [2.45, 2.75) is 26.7 Å². The molecule has 1 aromatic heterocycles. The first-order valence-corrected chi connectivity index (χ1v) is 9.47. The molecule has 2 N–H and O–H groups in total. The van der Waals surface area contributed by atoms with Gasteiger partial charge in [-0.25, -0.2) is 4.98 Å². The number of aliphatic imine (C=N–C) groups is 1. The topological polar surface area (TPSA) is 67.8 Å². The van der Waals surface area contributed by atoms with Gasteiger partial charge in [-0.15, -0.1) is 11.3 Å². The van der Waals surface area contributed by atoms with Crippen molar-refractivity contribution in [1.29, 1.82) is 0 Å². The van der Waals surface area contributed by atoms with E-state index in [-0.39, 0.29) is 0 Å². The van der Waals surface area contributed by atoms with Gasteiger partial charge in [0.15, 0.2) is 5.96 Å². The molecule has 26 heavy (non-hydrogen) atoms. The molecule has 0 saturated heterocycles. The zero-order valence-corrected chi connectivity index (χ0v) is 17.0. The smallest absolute Gasteiger partial charge is 0.191 e. The van der Waals surface area contributed by atoms with Crippen molar-refractivity contribution in [3.05, 3.63) is 39.3 Å². The molecule has 2 rings (SSSR count). The normalized spacial score (nSPS) is 11.3. The summed E-state index contributed by atoms with van der Waals surface area (Å²) in [6.45, 7) is 5.71. The third-order valence-electron chi connectivity index (χ3n) is 4.10. The van der Waals surface area contributed by atoms with E-state index in [1.54, 1.807) is 32.6 Å². The molecule has 0 amide bonds. The average Bonchev–Trinajstić information content (AvgIpc) is 2.97. The van der Waals surface area contributed by atoms with Crippen LogP contribution in [-0.4, -0.2) is 45.3 Å². The Hall–Kier alpha value is -2.28. The van der Waals surface area contributed by atoms with Crippen molar-refractivity contribution in [3.63, 3.8) is 0 Å². The standard InChI is InChI=1S/C19H28N4O2S/c1-13-14(2)26-18(23-13)9-11-22-19(20-3)21-10-8-15-12-16(24-4)6-7-17(15)25-5/h6-7,12H,8-11H2,1-5H3,(H2,20,21,22). The average molecular weight is 377 g/mol. The largest absolute Gasteiger partial charge is 0.497 e. The van der Waals surface area contributed by atoms with Crippen molar-refractivity contribution in [2.24, 2.45) is 4.99 Å². The summed E-state index contributed by atoms with van der Waals surface area (Å²) in [4.78, 5) is 10.1. The SMILES string of the molecule is CN=C(NCCc1nc(C)c(C)s1)NCCc1cc(OC)ccc1OC. The highest BCUT2D eigenvalue weighted by atomic mass is 32.1. The fourth-order valence-corrected chi connectivity index (χ4v) is 3.48. The number of thiazole rings is 1.